The number of nitrogens with zero attached hydrogens (tertiary/aromatic N) is 1. The second kappa shape index (κ2) is 7.21. The van der Waals surface area contributed by atoms with Crippen LogP contribution in [0.3, 0.4) is 0 Å². The fourth-order valence-electron chi connectivity index (χ4n) is 2.97. The van der Waals surface area contributed by atoms with Crippen LogP contribution in [-0.2, 0) is 24.7 Å². The van der Waals surface area contributed by atoms with E-state index in [0.717, 1.165) is 19.1 Å². The Morgan fingerprint density at radius 3 is 2.50 bits per heavy atom. The van der Waals surface area contributed by atoms with Crippen molar-refractivity contribution in [3.8, 4) is 0 Å². The Morgan fingerprint density at radius 2 is 1.88 bits per heavy atom. The number of nitrogens with one attached hydrogen (secondary N) is 1. The van der Waals surface area contributed by atoms with E-state index in [-0.39, 0.29) is 34.2 Å². The Labute approximate surface area is 162 Å². The minimum Gasteiger partial charge on any atom is -0.353 e. The molecular weight excluding hydrogens is 444 g/mol. The minimum atomic E-state index is -3.91. The smallest absolute Gasteiger partial charge is 0.244 e. The number of sulfonamides is 1. The van der Waals surface area contributed by atoms with Crippen LogP contribution in [0.25, 0.3) is 0 Å². The summed E-state index contributed by atoms with van der Waals surface area (Å²) in [6, 6.07) is 4.18. The predicted octanol–water partition coefficient (Wildman–Crippen LogP) is 1.53. The Morgan fingerprint density at radius 1 is 1.19 bits per heavy atom. The fourth-order valence-corrected chi connectivity index (χ4v) is 6.17. The first-order chi connectivity index (χ1) is 12.1. The summed E-state index contributed by atoms with van der Waals surface area (Å²) >= 11 is 3.20. The van der Waals surface area contributed by atoms with Crippen molar-refractivity contribution in [2.24, 2.45) is 5.92 Å². The average molecular weight is 465 g/mol. The molecule has 1 N–H and O–H groups in total. The van der Waals surface area contributed by atoms with Crippen molar-refractivity contribution in [3.05, 3.63) is 22.7 Å². The van der Waals surface area contributed by atoms with E-state index in [0.29, 0.717) is 23.9 Å². The zero-order valence-electron chi connectivity index (χ0n) is 14.3. The molecule has 1 aromatic carbocycles. The Kier molecular flexibility index (Phi) is 5.49. The van der Waals surface area contributed by atoms with Gasteiger partial charge in [0.15, 0.2) is 9.84 Å². The summed E-state index contributed by atoms with van der Waals surface area (Å²) in [6.07, 6.45) is 4.23. The van der Waals surface area contributed by atoms with Crippen LogP contribution in [0.15, 0.2) is 32.5 Å². The van der Waals surface area contributed by atoms with Gasteiger partial charge in [-0.05, 0) is 59.8 Å². The van der Waals surface area contributed by atoms with Crippen molar-refractivity contribution in [2.75, 3.05) is 19.3 Å². The number of halogens is 1. The molecule has 2 aliphatic rings. The molecule has 1 aliphatic heterocycles. The van der Waals surface area contributed by atoms with Crippen LogP contribution in [0.4, 0.5) is 0 Å². The molecule has 0 spiro atoms. The van der Waals surface area contributed by atoms with Crippen LogP contribution in [-0.4, -0.2) is 52.4 Å². The first kappa shape index (κ1) is 19.8. The van der Waals surface area contributed by atoms with E-state index in [1.165, 1.54) is 22.5 Å². The largest absolute Gasteiger partial charge is 0.353 e. The van der Waals surface area contributed by atoms with Gasteiger partial charge in [0.05, 0.1) is 15.7 Å². The first-order valence-corrected chi connectivity index (χ1v) is 12.5. The highest BCUT2D eigenvalue weighted by Crippen LogP contribution is 2.31. The van der Waals surface area contributed by atoms with Gasteiger partial charge in [-0.25, -0.2) is 16.8 Å². The maximum atomic E-state index is 13.1. The highest BCUT2D eigenvalue weighted by Gasteiger charge is 2.36. The summed E-state index contributed by atoms with van der Waals surface area (Å²) in [6.45, 7) is 0.418. The van der Waals surface area contributed by atoms with Gasteiger partial charge in [-0.1, -0.05) is 0 Å². The fraction of sp³-hybridized carbons (Fsp3) is 0.562. The van der Waals surface area contributed by atoms with Crippen LogP contribution < -0.4 is 5.32 Å². The Hall–Kier alpha value is -0.970. The van der Waals surface area contributed by atoms with Crippen molar-refractivity contribution in [2.45, 2.75) is 41.5 Å². The van der Waals surface area contributed by atoms with Crippen molar-refractivity contribution >= 4 is 41.7 Å². The topological polar surface area (TPSA) is 101 Å². The molecule has 26 heavy (non-hydrogen) atoms. The van der Waals surface area contributed by atoms with Crippen LogP contribution in [0.5, 0.6) is 0 Å². The van der Waals surface area contributed by atoms with E-state index >= 15 is 0 Å². The number of sulfone groups is 1. The molecule has 0 bridgehead atoms. The van der Waals surface area contributed by atoms with Gasteiger partial charge in [0, 0.05) is 29.9 Å². The number of hydrogen-bond donors (Lipinski definition) is 1. The van der Waals surface area contributed by atoms with Crippen molar-refractivity contribution in [3.63, 3.8) is 0 Å². The molecule has 2 fully saturated rings. The Balaban J connectivity index is 1.86. The lowest BCUT2D eigenvalue weighted by Gasteiger charge is -2.31. The molecule has 1 saturated heterocycles. The summed E-state index contributed by atoms with van der Waals surface area (Å²) in [4.78, 5) is 12.1. The molecule has 1 unspecified atom stereocenters. The number of piperidine rings is 1. The Bertz CT molecular complexity index is 926. The van der Waals surface area contributed by atoms with Gasteiger partial charge >= 0.3 is 0 Å². The normalized spacial score (nSPS) is 22.2. The van der Waals surface area contributed by atoms with Gasteiger partial charge in [0.25, 0.3) is 0 Å². The molecule has 1 aliphatic carbocycles. The number of carbonyl (C=O) groups excluding carboxylic acids is 1. The molecule has 7 nitrogen and oxygen atoms in total. The number of benzene rings is 1. The van der Waals surface area contributed by atoms with E-state index in [1.807, 2.05) is 0 Å². The molecule has 1 saturated carbocycles. The number of amides is 1. The highest BCUT2D eigenvalue weighted by molar-refractivity contribution is 9.10. The number of hydrogen-bond acceptors (Lipinski definition) is 5. The highest BCUT2D eigenvalue weighted by atomic mass is 79.9. The van der Waals surface area contributed by atoms with Crippen LogP contribution in [0, 0.1) is 5.92 Å². The summed E-state index contributed by atoms with van der Waals surface area (Å²) in [5.41, 5.74) is 0. The van der Waals surface area contributed by atoms with E-state index in [9.17, 15) is 21.6 Å². The summed E-state index contributed by atoms with van der Waals surface area (Å²) in [5, 5.41) is 2.93. The minimum absolute atomic E-state index is 0.0562. The molecule has 1 aromatic rings. The summed E-state index contributed by atoms with van der Waals surface area (Å²) < 4.78 is 51.2. The summed E-state index contributed by atoms with van der Waals surface area (Å²) in [5.74, 6) is -0.479. The van der Waals surface area contributed by atoms with Crippen LogP contribution in [0.1, 0.15) is 25.7 Å². The lowest BCUT2D eigenvalue weighted by Crippen LogP contribution is -2.45. The third kappa shape index (κ3) is 4.29. The predicted molar refractivity (Wildman–Crippen MR) is 99.9 cm³/mol. The number of carbonyl (C=O) groups is 1. The average Bonchev–Trinajstić information content (AvgIpc) is 3.38. The zero-order valence-corrected chi connectivity index (χ0v) is 17.5. The second-order valence-electron chi connectivity index (χ2n) is 6.85. The maximum absolute atomic E-state index is 13.1. The van der Waals surface area contributed by atoms with Crippen LogP contribution >= 0.6 is 15.9 Å². The third-order valence-electron chi connectivity index (χ3n) is 4.63. The van der Waals surface area contributed by atoms with Gasteiger partial charge in [0.1, 0.15) is 0 Å². The molecule has 0 radical (unpaired) electrons. The van der Waals surface area contributed by atoms with Gasteiger partial charge in [-0.15, -0.1) is 0 Å². The third-order valence-corrected chi connectivity index (χ3v) is 8.60. The maximum Gasteiger partial charge on any atom is 0.244 e. The van der Waals surface area contributed by atoms with E-state index in [1.54, 1.807) is 0 Å². The molecule has 1 heterocycles. The van der Waals surface area contributed by atoms with Gasteiger partial charge in [-0.3, -0.25) is 4.79 Å². The SMILES string of the molecule is CS(=O)(=O)c1ccc(Br)c(S(=O)(=O)N2CCCC(C(=O)NC3CC3)C2)c1. The molecule has 0 aromatic heterocycles. The van der Waals surface area contributed by atoms with E-state index in [4.69, 9.17) is 0 Å². The van der Waals surface area contributed by atoms with Gasteiger partial charge < -0.3 is 5.32 Å². The molecular formula is C16H21BrN2O5S2. The first-order valence-electron chi connectivity index (χ1n) is 8.39. The van der Waals surface area contributed by atoms with Crippen molar-refractivity contribution < 1.29 is 21.6 Å². The summed E-state index contributed by atoms with van der Waals surface area (Å²) in [7, 11) is -7.44. The second-order valence-corrected chi connectivity index (χ2v) is 11.6. The lowest BCUT2D eigenvalue weighted by atomic mass is 9.99. The van der Waals surface area contributed by atoms with E-state index < -0.39 is 19.9 Å². The quantitative estimate of drug-likeness (QED) is 0.711. The molecule has 3 rings (SSSR count). The molecule has 1 amide bonds. The van der Waals surface area contributed by atoms with Gasteiger partial charge in [0.2, 0.25) is 15.9 Å². The lowest BCUT2D eigenvalue weighted by molar-refractivity contribution is -0.126. The monoisotopic (exact) mass is 464 g/mol. The van der Waals surface area contributed by atoms with Crippen LogP contribution in [0.2, 0.25) is 0 Å². The van der Waals surface area contributed by atoms with Gasteiger partial charge in [-0.2, -0.15) is 4.31 Å². The van der Waals surface area contributed by atoms with Crippen molar-refractivity contribution in [1.82, 2.24) is 9.62 Å². The molecule has 1 atom stereocenters. The zero-order chi connectivity index (χ0) is 19.1. The molecule has 144 valence electrons. The number of rotatable bonds is 5. The van der Waals surface area contributed by atoms with Crippen molar-refractivity contribution in [1.29, 1.82) is 0 Å². The van der Waals surface area contributed by atoms with E-state index in [2.05, 4.69) is 21.2 Å². The standard InChI is InChI=1S/C16H21BrN2O5S2/c1-25(21,22)13-6-7-14(17)15(9-13)26(23,24)19-8-2-3-11(10-19)16(20)18-12-4-5-12/h6-7,9,11-12H,2-5,8,10H2,1H3,(H,18,20). The molecule has 10 heteroatoms.